The molecule has 1 fully saturated rings. The first-order chi connectivity index (χ1) is 9.69. The van der Waals surface area contributed by atoms with Crippen LogP contribution in [0.5, 0.6) is 0 Å². The number of nitrogens with zero attached hydrogens (tertiary/aromatic N) is 1. The van der Waals surface area contributed by atoms with E-state index in [-0.39, 0.29) is 18.7 Å². The molecule has 0 atom stereocenters. The molecule has 110 valence electrons. The van der Waals surface area contributed by atoms with Gasteiger partial charge in [-0.25, -0.2) is 4.79 Å². The number of anilines is 2. The van der Waals surface area contributed by atoms with Crippen molar-refractivity contribution >= 4 is 17.3 Å². The zero-order chi connectivity index (χ0) is 14.4. The van der Waals surface area contributed by atoms with Crippen molar-refractivity contribution in [1.82, 2.24) is 0 Å². The van der Waals surface area contributed by atoms with E-state index in [2.05, 4.69) is 4.90 Å². The second-order valence-electron chi connectivity index (χ2n) is 4.89. The van der Waals surface area contributed by atoms with E-state index in [1.165, 1.54) is 5.69 Å². The van der Waals surface area contributed by atoms with Gasteiger partial charge >= 0.3 is 5.97 Å². The van der Waals surface area contributed by atoms with Crippen molar-refractivity contribution in [2.45, 2.75) is 25.9 Å². The molecular weight excluding hydrogens is 256 g/mol. The van der Waals surface area contributed by atoms with Gasteiger partial charge in [-0.2, -0.15) is 0 Å². The van der Waals surface area contributed by atoms with Gasteiger partial charge in [0.15, 0.2) is 0 Å². The SMILES string of the molecule is CCOC(=O)COC1CCN(c2ccc(N)cc2)CC1. The van der Waals surface area contributed by atoms with Crippen molar-refractivity contribution in [1.29, 1.82) is 0 Å². The first kappa shape index (κ1) is 14.7. The Morgan fingerprint density at radius 1 is 1.30 bits per heavy atom. The molecule has 1 saturated heterocycles. The lowest BCUT2D eigenvalue weighted by Crippen LogP contribution is -2.37. The molecule has 0 spiro atoms. The fourth-order valence-electron chi connectivity index (χ4n) is 2.35. The largest absolute Gasteiger partial charge is 0.464 e. The Morgan fingerprint density at radius 3 is 2.55 bits per heavy atom. The van der Waals surface area contributed by atoms with Gasteiger partial charge in [0.25, 0.3) is 0 Å². The van der Waals surface area contributed by atoms with Crippen LogP contribution in [0.25, 0.3) is 0 Å². The summed E-state index contributed by atoms with van der Waals surface area (Å²) in [4.78, 5) is 13.5. The summed E-state index contributed by atoms with van der Waals surface area (Å²) in [6, 6.07) is 7.90. The highest BCUT2D eigenvalue weighted by molar-refractivity contribution is 5.70. The number of hydrogen-bond acceptors (Lipinski definition) is 5. The molecule has 0 aliphatic carbocycles. The van der Waals surface area contributed by atoms with Crippen LogP contribution in [0.2, 0.25) is 0 Å². The van der Waals surface area contributed by atoms with Crippen LogP contribution in [0.4, 0.5) is 11.4 Å². The van der Waals surface area contributed by atoms with E-state index in [1.807, 2.05) is 24.3 Å². The first-order valence-electron chi connectivity index (χ1n) is 7.06. The van der Waals surface area contributed by atoms with Crippen LogP contribution in [0.1, 0.15) is 19.8 Å². The Bertz CT molecular complexity index is 425. The van der Waals surface area contributed by atoms with Gasteiger partial charge in [-0.15, -0.1) is 0 Å². The minimum atomic E-state index is -0.284. The van der Waals surface area contributed by atoms with E-state index in [1.54, 1.807) is 6.92 Å². The fraction of sp³-hybridized carbons (Fsp3) is 0.533. The van der Waals surface area contributed by atoms with Gasteiger partial charge < -0.3 is 20.1 Å². The van der Waals surface area contributed by atoms with Crippen molar-refractivity contribution in [3.05, 3.63) is 24.3 Å². The average Bonchev–Trinajstić information content (AvgIpc) is 2.47. The van der Waals surface area contributed by atoms with Crippen LogP contribution in [0.3, 0.4) is 0 Å². The number of ether oxygens (including phenoxy) is 2. The molecule has 2 N–H and O–H groups in total. The highest BCUT2D eigenvalue weighted by Crippen LogP contribution is 2.22. The number of nitrogen functional groups attached to an aromatic ring is 1. The van der Waals surface area contributed by atoms with Crippen LogP contribution in [0.15, 0.2) is 24.3 Å². The molecule has 1 aromatic rings. The van der Waals surface area contributed by atoms with E-state index in [0.29, 0.717) is 6.61 Å². The number of carbonyl (C=O) groups excluding carboxylic acids is 1. The molecule has 0 amide bonds. The summed E-state index contributed by atoms with van der Waals surface area (Å²) < 4.78 is 10.4. The second-order valence-corrected chi connectivity index (χ2v) is 4.89. The molecule has 1 aliphatic heterocycles. The lowest BCUT2D eigenvalue weighted by molar-refractivity contribution is -0.150. The molecule has 0 radical (unpaired) electrons. The summed E-state index contributed by atoms with van der Waals surface area (Å²) in [6.07, 6.45) is 1.98. The van der Waals surface area contributed by atoms with Gasteiger partial charge in [0, 0.05) is 24.5 Å². The smallest absolute Gasteiger partial charge is 0.332 e. The van der Waals surface area contributed by atoms with Gasteiger partial charge in [0.2, 0.25) is 0 Å². The molecule has 1 heterocycles. The van der Waals surface area contributed by atoms with Gasteiger partial charge in [-0.05, 0) is 44.0 Å². The molecule has 20 heavy (non-hydrogen) atoms. The average molecular weight is 278 g/mol. The Kier molecular flexibility index (Phi) is 5.24. The van der Waals surface area contributed by atoms with E-state index >= 15 is 0 Å². The molecule has 5 nitrogen and oxygen atoms in total. The van der Waals surface area contributed by atoms with Crippen LogP contribution >= 0.6 is 0 Å². The molecule has 5 heteroatoms. The Balaban J connectivity index is 1.75. The third kappa shape index (κ3) is 4.13. The van der Waals surface area contributed by atoms with Crippen molar-refractivity contribution in [2.75, 3.05) is 36.9 Å². The maximum atomic E-state index is 11.2. The Hall–Kier alpha value is -1.75. The van der Waals surface area contributed by atoms with Crippen molar-refractivity contribution in [3.63, 3.8) is 0 Å². The lowest BCUT2D eigenvalue weighted by Gasteiger charge is -2.33. The molecule has 1 aromatic carbocycles. The second kappa shape index (κ2) is 7.14. The maximum Gasteiger partial charge on any atom is 0.332 e. The highest BCUT2D eigenvalue weighted by atomic mass is 16.6. The van der Waals surface area contributed by atoms with Gasteiger partial charge in [0.05, 0.1) is 12.7 Å². The monoisotopic (exact) mass is 278 g/mol. The van der Waals surface area contributed by atoms with E-state index in [0.717, 1.165) is 31.6 Å². The predicted molar refractivity (Wildman–Crippen MR) is 78.7 cm³/mol. The van der Waals surface area contributed by atoms with E-state index in [9.17, 15) is 4.79 Å². The van der Waals surface area contributed by atoms with Crippen LogP contribution in [-0.2, 0) is 14.3 Å². The fourth-order valence-corrected chi connectivity index (χ4v) is 2.35. The van der Waals surface area contributed by atoms with Crippen molar-refractivity contribution in [3.8, 4) is 0 Å². The molecule has 2 rings (SSSR count). The topological polar surface area (TPSA) is 64.8 Å². The molecule has 0 unspecified atom stereocenters. The Morgan fingerprint density at radius 2 is 1.95 bits per heavy atom. The van der Waals surface area contributed by atoms with Gasteiger partial charge in [-0.1, -0.05) is 0 Å². The first-order valence-corrected chi connectivity index (χ1v) is 7.06. The quantitative estimate of drug-likeness (QED) is 0.657. The lowest BCUT2D eigenvalue weighted by atomic mass is 10.1. The summed E-state index contributed by atoms with van der Waals surface area (Å²) in [5.41, 5.74) is 7.65. The number of esters is 1. The number of benzene rings is 1. The number of hydrogen-bond donors (Lipinski definition) is 1. The number of rotatable bonds is 5. The summed E-state index contributed by atoms with van der Waals surface area (Å²) in [7, 11) is 0. The molecular formula is C15H22N2O3. The standard InChI is InChI=1S/C15H22N2O3/c1-2-19-15(18)11-20-14-7-9-17(10-8-14)13-5-3-12(16)4-6-13/h3-6,14H,2,7-11,16H2,1H3. The maximum absolute atomic E-state index is 11.2. The van der Waals surface area contributed by atoms with E-state index in [4.69, 9.17) is 15.2 Å². The summed E-state index contributed by atoms with van der Waals surface area (Å²) in [6.45, 7) is 4.11. The normalized spacial score (nSPS) is 16.1. The zero-order valence-electron chi connectivity index (χ0n) is 11.9. The van der Waals surface area contributed by atoms with Crippen LogP contribution in [0, 0.1) is 0 Å². The third-order valence-electron chi connectivity index (χ3n) is 3.44. The Labute approximate surface area is 119 Å². The third-order valence-corrected chi connectivity index (χ3v) is 3.44. The summed E-state index contributed by atoms with van der Waals surface area (Å²) >= 11 is 0. The van der Waals surface area contributed by atoms with Crippen molar-refractivity contribution in [2.24, 2.45) is 0 Å². The van der Waals surface area contributed by atoms with Crippen molar-refractivity contribution < 1.29 is 14.3 Å². The van der Waals surface area contributed by atoms with Crippen LogP contribution < -0.4 is 10.6 Å². The van der Waals surface area contributed by atoms with Gasteiger partial charge in [-0.3, -0.25) is 0 Å². The predicted octanol–water partition coefficient (Wildman–Crippen LogP) is 1.82. The van der Waals surface area contributed by atoms with Crippen LogP contribution in [-0.4, -0.2) is 38.4 Å². The molecule has 0 bridgehead atoms. The number of nitrogens with two attached hydrogens (primary N) is 1. The number of piperidine rings is 1. The van der Waals surface area contributed by atoms with Gasteiger partial charge in [0.1, 0.15) is 6.61 Å². The summed E-state index contributed by atoms with van der Waals surface area (Å²) in [5, 5.41) is 0. The molecule has 0 saturated carbocycles. The molecule has 1 aliphatic rings. The van der Waals surface area contributed by atoms with E-state index < -0.39 is 0 Å². The summed E-state index contributed by atoms with van der Waals surface area (Å²) in [5.74, 6) is -0.284. The minimum absolute atomic E-state index is 0.0559. The minimum Gasteiger partial charge on any atom is -0.464 e. The zero-order valence-corrected chi connectivity index (χ0v) is 11.9. The highest BCUT2D eigenvalue weighted by Gasteiger charge is 2.20. The molecule has 0 aromatic heterocycles. The number of carbonyl (C=O) groups is 1.